The highest BCUT2D eigenvalue weighted by Crippen LogP contribution is 2.33. The van der Waals surface area contributed by atoms with Crippen LogP contribution in [0, 0.1) is 0 Å². The van der Waals surface area contributed by atoms with Crippen LogP contribution in [0.1, 0.15) is 0 Å². The first-order chi connectivity index (χ1) is 7.09. The second-order valence-corrected chi connectivity index (χ2v) is 5.32. The van der Waals surface area contributed by atoms with Gasteiger partial charge in [-0.05, 0) is 28.1 Å². The summed E-state index contributed by atoms with van der Waals surface area (Å²) in [6.07, 6.45) is -0.614. The minimum atomic E-state index is -1.06. The number of carbonyl (C=O) groups is 2. The van der Waals surface area contributed by atoms with Crippen LogP contribution in [-0.2, 0) is 9.53 Å². The minimum absolute atomic E-state index is 0.107. The van der Waals surface area contributed by atoms with Gasteiger partial charge < -0.3 is 9.84 Å². The van der Waals surface area contributed by atoms with Crippen molar-refractivity contribution in [2.24, 2.45) is 0 Å². The van der Waals surface area contributed by atoms with E-state index in [1.807, 2.05) is 0 Å². The highest BCUT2D eigenvalue weighted by molar-refractivity contribution is 9.11. The van der Waals surface area contributed by atoms with Gasteiger partial charge in [-0.2, -0.15) is 0 Å². The molecule has 1 saturated heterocycles. The molecule has 80 valence electrons. The van der Waals surface area contributed by atoms with E-state index in [0.29, 0.717) is 5.00 Å². The Bertz CT molecular complexity index is 419. The zero-order valence-corrected chi connectivity index (χ0v) is 9.75. The molecule has 0 bridgehead atoms. The second kappa shape index (κ2) is 3.82. The topological polar surface area (TPSA) is 66.8 Å². The van der Waals surface area contributed by atoms with E-state index in [0.717, 1.165) is 8.69 Å². The number of nitrogens with zero attached hydrogens (tertiary/aromatic N) is 1. The van der Waals surface area contributed by atoms with Gasteiger partial charge in [-0.15, -0.1) is 11.3 Å². The number of halogens is 1. The number of carboxylic acid groups (broad SMARTS) is 1. The Morgan fingerprint density at radius 2 is 2.40 bits per heavy atom. The molecule has 1 fully saturated rings. The summed E-state index contributed by atoms with van der Waals surface area (Å²) in [4.78, 5) is 23.3. The van der Waals surface area contributed by atoms with Crippen molar-refractivity contribution < 1.29 is 19.4 Å². The number of amides is 1. The van der Waals surface area contributed by atoms with E-state index in [9.17, 15) is 9.59 Å². The largest absolute Gasteiger partial charge is 0.480 e. The maximum Gasteiger partial charge on any atom is 0.415 e. The van der Waals surface area contributed by atoms with Crippen molar-refractivity contribution >= 4 is 44.3 Å². The van der Waals surface area contributed by atoms with Gasteiger partial charge in [0.1, 0.15) is 11.6 Å². The second-order valence-electron chi connectivity index (χ2n) is 2.88. The maximum absolute atomic E-state index is 11.3. The Labute approximate surface area is 97.4 Å². The fourth-order valence-corrected chi connectivity index (χ4v) is 2.68. The van der Waals surface area contributed by atoms with Crippen LogP contribution >= 0.6 is 27.3 Å². The molecule has 0 saturated carbocycles. The van der Waals surface area contributed by atoms with Gasteiger partial charge in [0.15, 0.2) is 6.04 Å². The molecule has 1 N–H and O–H groups in total. The van der Waals surface area contributed by atoms with Crippen molar-refractivity contribution in [3.8, 4) is 0 Å². The molecular formula is C8H6BrNO4S. The first kappa shape index (κ1) is 10.4. The lowest BCUT2D eigenvalue weighted by atomic mass is 10.3. The number of cyclic esters (lactones) is 1. The van der Waals surface area contributed by atoms with Gasteiger partial charge in [-0.3, -0.25) is 4.90 Å². The predicted molar refractivity (Wildman–Crippen MR) is 57.3 cm³/mol. The quantitative estimate of drug-likeness (QED) is 0.904. The van der Waals surface area contributed by atoms with Crippen LogP contribution in [0.15, 0.2) is 15.9 Å². The highest BCUT2D eigenvalue weighted by Gasteiger charge is 2.39. The van der Waals surface area contributed by atoms with Crippen molar-refractivity contribution in [1.82, 2.24) is 0 Å². The lowest BCUT2D eigenvalue weighted by Gasteiger charge is -2.15. The zero-order valence-electron chi connectivity index (χ0n) is 7.34. The molecule has 0 aliphatic carbocycles. The van der Waals surface area contributed by atoms with E-state index >= 15 is 0 Å². The Kier molecular flexibility index (Phi) is 2.66. The molecule has 0 spiro atoms. The number of anilines is 1. The van der Waals surface area contributed by atoms with Crippen molar-refractivity contribution in [3.63, 3.8) is 0 Å². The van der Waals surface area contributed by atoms with Gasteiger partial charge in [0.05, 0.1) is 3.79 Å². The van der Waals surface area contributed by atoms with Crippen molar-refractivity contribution in [3.05, 3.63) is 15.9 Å². The van der Waals surface area contributed by atoms with Crippen LogP contribution in [0.25, 0.3) is 0 Å². The molecule has 0 aromatic carbocycles. The Balaban J connectivity index is 2.32. The summed E-state index contributed by atoms with van der Waals surface area (Å²) < 4.78 is 5.54. The molecule has 1 atom stereocenters. The summed E-state index contributed by atoms with van der Waals surface area (Å²) >= 11 is 4.54. The van der Waals surface area contributed by atoms with Gasteiger partial charge in [0.2, 0.25) is 0 Å². The molecule has 15 heavy (non-hydrogen) atoms. The smallest absolute Gasteiger partial charge is 0.415 e. The van der Waals surface area contributed by atoms with Crippen LogP contribution in [-0.4, -0.2) is 29.8 Å². The van der Waals surface area contributed by atoms with E-state index in [-0.39, 0.29) is 6.61 Å². The number of hydrogen-bond acceptors (Lipinski definition) is 4. The van der Waals surface area contributed by atoms with Gasteiger partial charge in [-0.1, -0.05) is 0 Å². The molecule has 2 rings (SSSR count). The average molecular weight is 292 g/mol. The van der Waals surface area contributed by atoms with Gasteiger partial charge in [-0.25, -0.2) is 9.59 Å². The van der Waals surface area contributed by atoms with Crippen LogP contribution in [0.4, 0.5) is 9.80 Å². The fourth-order valence-electron chi connectivity index (χ4n) is 1.28. The average Bonchev–Trinajstić information content (AvgIpc) is 2.71. The number of ether oxygens (including phenoxy) is 1. The number of carbonyl (C=O) groups excluding carboxylic acids is 1. The minimum Gasteiger partial charge on any atom is -0.480 e. The highest BCUT2D eigenvalue weighted by atomic mass is 79.9. The van der Waals surface area contributed by atoms with E-state index in [1.54, 1.807) is 12.1 Å². The molecule has 1 aliphatic rings. The first-order valence-corrected chi connectivity index (χ1v) is 5.64. The summed E-state index contributed by atoms with van der Waals surface area (Å²) in [5.41, 5.74) is 0. The molecule has 5 nitrogen and oxygen atoms in total. The first-order valence-electron chi connectivity index (χ1n) is 4.03. The van der Waals surface area contributed by atoms with E-state index in [1.165, 1.54) is 11.3 Å². The molecule has 7 heteroatoms. The maximum atomic E-state index is 11.3. The summed E-state index contributed by atoms with van der Waals surface area (Å²) in [5, 5.41) is 9.46. The van der Waals surface area contributed by atoms with Crippen molar-refractivity contribution in [1.29, 1.82) is 0 Å². The monoisotopic (exact) mass is 291 g/mol. The van der Waals surface area contributed by atoms with Gasteiger partial charge in [0, 0.05) is 0 Å². The molecular weight excluding hydrogens is 286 g/mol. The Morgan fingerprint density at radius 3 is 2.93 bits per heavy atom. The van der Waals surface area contributed by atoms with Crippen LogP contribution < -0.4 is 4.90 Å². The molecule has 1 aromatic rings. The third kappa shape index (κ3) is 1.84. The number of thiophene rings is 1. The third-order valence-electron chi connectivity index (χ3n) is 1.95. The Hall–Kier alpha value is -1.08. The van der Waals surface area contributed by atoms with E-state index in [4.69, 9.17) is 9.84 Å². The van der Waals surface area contributed by atoms with Gasteiger partial charge in [0.25, 0.3) is 0 Å². The lowest BCUT2D eigenvalue weighted by Crippen LogP contribution is -2.38. The lowest BCUT2D eigenvalue weighted by molar-refractivity contribution is -0.138. The normalized spacial score (nSPS) is 20.5. The van der Waals surface area contributed by atoms with E-state index in [2.05, 4.69) is 15.9 Å². The van der Waals surface area contributed by atoms with Crippen molar-refractivity contribution in [2.75, 3.05) is 11.5 Å². The van der Waals surface area contributed by atoms with Gasteiger partial charge >= 0.3 is 12.1 Å². The number of carboxylic acids is 1. The van der Waals surface area contributed by atoms with Crippen LogP contribution in [0.2, 0.25) is 0 Å². The summed E-state index contributed by atoms with van der Waals surface area (Å²) in [6, 6.07) is 2.50. The molecule has 1 aromatic heterocycles. The van der Waals surface area contributed by atoms with Crippen molar-refractivity contribution in [2.45, 2.75) is 6.04 Å². The molecule has 2 heterocycles. The number of hydrogen-bond donors (Lipinski definition) is 1. The molecule has 1 aliphatic heterocycles. The Morgan fingerprint density at radius 1 is 1.67 bits per heavy atom. The van der Waals surface area contributed by atoms with Crippen LogP contribution in [0.5, 0.6) is 0 Å². The number of rotatable bonds is 2. The van der Waals surface area contributed by atoms with Crippen LogP contribution in [0.3, 0.4) is 0 Å². The summed E-state index contributed by atoms with van der Waals surface area (Å²) in [6.45, 7) is -0.107. The number of aliphatic carboxylic acids is 1. The molecule has 0 radical (unpaired) electrons. The fraction of sp³-hybridized carbons (Fsp3) is 0.250. The molecule has 1 amide bonds. The standard InChI is InChI=1S/C8H6BrNO4S/c9-5-1-2-6(15-5)10-4(7(11)12)3-14-8(10)13/h1-2,4H,3H2,(H,11,12). The SMILES string of the molecule is O=C(O)C1COC(=O)N1c1ccc(Br)s1. The summed E-state index contributed by atoms with van der Waals surface area (Å²) in [5.74, 6) is -1.06. The molecule has 1 unspecified atom stereocenters. The third-order valence-corrected chi connectivity index (χ3v) is 3.58. The predicted octanol–water partition coefficient (Wildman–Crippen LogP) is 1.92. The summed E-state index contributed by atoms with van der Waals surface area (Å²) in [7, 11) is 0. The van der Waals surface area contributed by atoms with E-state index < -0.39 is 18.1 Å². The zero-order chi connectivity index (χ0) is 11.0.